The molecule has 3 aromatic rings. The lowest BCUT2D eigenvalue weighted by Crippen LogP contribution is -2.02. The van der Waals surface area contributed by atoms with Crippen LogP contribution in [0.15, 0.2) is 52.1 Å². The molecular weight excluding hydrogens is 359 g/mol. The van der Waals surface area contributed by atoms with Crippen molar-refractivity contribution in [2.75, 3.05) is 20.0 Å². The highest BCUT2D eigenvalue weighted by molar-refractivity contribution is 7.99. The van der Waals surface area contributed by atoms with E-state index in [2.05, 4.69) is 10.2 Å². The first-order valence-corrected chi connectivity index (χ1v) is 8.56. The zero-order valence-electron chi connectivity index (χ0n) is 14.1. The number of nitrogens with zero attached hydrogens (tertiary/aromatic N) is 2. The summed E-state index contributed by atoms with van der Waals surface area (Å²) in [6.07, 6.45) is 0. The van der Waals surface area contributed by atoms with Crippen molar-refractivity contribution in [2.45, 2.75) is 5.22 Å². The number of carbonyl (C=O) groups is 1. The van der Waals surface area contributed by atoms with Crippen LogP contribution < -0.4 is 9.47 Å². The van der Waals surface area contributed by atoms with Crippen LogP contribution in [0.2, 0.25) is 0 Å². The highest BCUT2D eigenvalue weighted by Gasteiger charge is 2.14. The van der Waals surface area contributed by atoms with Crippen molar-refractivity contribution in [3.05, 3.63) is 53.8 Å². The lowest BCUT2D eigenvalue weighted by molar-refractivity contribution is 0.102. The van der Waals surface area contributed by atoms with Crippen molar-refractivity contribution < 1.29 is 23.1 Å². The topological polar surface area (TPSA) is 74.5 Å². The molecule has 8 heteroatoms. The predicted octanol–water partition coefficient (Wildman–Crippen LogP) is 3.87. The Balaban J connectivity index is 1.71. The zero-order chi connectivity index (χ0) is 18.5. The van der Waals surface area contributed by atoms with Crippen molar-refractivity contribution in [3.8, 4) is 23.0 Å². The summed E-state index contributed by atoms with van der Waals surface area (Å²) in [5, 5.41) is 8.15. The number of ether oxygens (including phenoxy) is 2. The van der Waals surface area contributed by atoms with Gasteiger partial charge in [-0.2, -0.15) is 0 Å². The minimum Gasteiger partial charge on any atom is -0.497 e. The number of thioether (sulfide) groups is 1. The summed E-state index contributed by atoms with van der Waals surface area (Å²) >= 11 is 1.09. The molecule has 134 valence electrons. The van der Waals surface area contributed by atoms with Crippen molar-refractivity contribution in [1.82, 2.24) is 10.2 Å². The maximum Gasteiger partial charge on any atom is 0.277 e. The average Bonchev–Trinajstić information content (AvgIpc) is 3.14. The smallest absolute Gasteiger partial charge is 0.277 e. The molecule has 3 rings (SSSR count). The van der Waals surface area contributed by atoms with E-state index in [1.807, 2.05) is 0 Å². The summed E-state index contributed by atoms with van der Waals surface area (Å²) in [4.78, 5) is 12.1. The summed E-state index contributed by atoms with van der Waals surface area (Å²) in [6.45, 7) is 0. The second kappa shape index (κ2) is 8.01. The van der Waals surface area contributed by atoms with Crippen molar-refractivity contribution in [3.63, 3.8) is 0 Å². The number of ketones is 1. The van der Waals surface area contributed by atoms with E-state index >= 15 is 0 Å². The lowest BCUT2D eigenvalue weighted by Gasteiger charge is -2.05. The number of carbonyl (C=O) groups excluding carboxylic acids is 1. The number of rotatable bonds is 7. The fourth-order valence-corrected chi connectivity index (χ4v) is 2.85. The van der Waals surface area contributed by atoms with Crippen LogP contribution in [-0.4, -0.2) is 36.0 Å². The summed E-state index contributed by atoms with van der Waals surface area (Å²) in [5.41, 5.74) is 0.937. The normalized spacial score (nSPS) is 10.6. The third-order valence-corrected chi connectivity index (χ3v) is 4.30. The van der Waals surface area contributed by atoms with Crippen LogP contribution in [0.25, 0.3) is 11.5 Å². The van der Waals surface area contributed by atoms with Gasteiger partial charge in [-0.05, 0) is 24.3 Å². The Labute approximate surface area is 153 Å². The van der Waals surface area contributed by atoms with Gasteiger partial charge in [0.25, 0.3) is 5.22 Å². The number of halogens is 1. The summed E-state index contributed by atoms with van der Waals surface area (Å²) < 4.78 is 29.2. The Morgan fingerprint density at radius 3 is 2.50 bits per heavy atom. The first-order valence-electron chi connectivity index (χ1n) is 7.57. The summed E-state index contributed by atoms with van der Waals surface area (Å²) in [5.74, 6) is 0.848. The molecule has 2 aromatic carbocycles. The van der Waals surface area contributed by atoms with Crippen LogP contribution in [0.5, 0.6) is 11.5 Å². The lowest BCUT2D eigenvalue weighted by atomic mass is 10.1. The van der Waals surface area contributed by atoms with Gasteiger partial charge in [0.1, 0.15) is 17.3 Å². The van der Waals surface area contributed by atoms with E-state index in [4.69, 9.17) is 13.9 Å². The molecule has 0 aliphatic heterocycles. The summed E-state index contributed by atoms with van der Waals surface area (Å²) in [6, 6.07) is 10.8. The molecule has 0 N–H and O–H groups in total. The largest absolute Gasteiger partial charge is 0.497 e. The third kappa shape index (κ3) is 4.20. The number of methoxy groups -OCH3 is 2. The van der Waals surface area contributed by atoms with Crippen molar-refractivity contribution in [2.24, 2.45) is 0 Å². The molecule has 0 amide bonds. The second-order valence-electron chi connectivity index (χ2n) is 5.20. The molecule has 26 heavy (non-hydrogen) atoms. The Morgan fingerprint density at radius 1 is 1.12 bits per heavy atom. The first-order chi connectivity index (χ1) is 12.6. The molecule has 0 bridgehead atoms. The number of hydrogen-bond donors (Lipinski definition) is 0. The Kier molecular flexibility index (Phi) is 5.52. The molecule has 0 radical (unpaired) electrons. The average molecular weight is 374 g/mol. The first kappa shape index (κ1) is 17.9. The van der Waals surface area contributed by atoms with E-state index in [0.717, 1.165) is 11.8 Å². The van der Waals surface area contributed by atoms with E-state index in [9.17, 15) is 9.18 Å². The minimum atomic E-state index is -0.451. The number of hydrogen-bond acceptors (Lipinski definition) is 7. The van der Waals surface area contributed by atoms with E-state index in [0.29, 0.717) is 22.6 Å². The number of benzene rings is 2. The molecule has 0 fully saturated rings. The van der Waals surface area contributed by atoms with E-state index in [1.54, 1.807) is 38.5 Å². The van der Waals surface area contributed by atoms with Crippen LogP contribution in [0.3, 0.4) is 0 Å². The van der Waals surface area contributed by atoms with E-state index in [-0.39, 0.29) is 22.6 Å². The van der Waals surface area contributed by atoms with Gasteiger partial charge in [0.05, 0.1) is 20.0 Å². The van der Waals surface area contributed by atoms with Crippen LogP contribution >= 0.6 is 11.8 Å². The SMILES string of the molecule is COc1cc(OC)cc(-c2nnc(SCC(=O)c3cccc(F)c3)o2)c1. The Morgan fingerprint density at radius 2 is 1.85 bits per heavy atom. The van der Waals surface area contributed by atoms with Gasteiger partial charge in [-0.15, -0.1) is 10.2 Å². The maximum absolute atomic E-state index is 13.2. The fraction of sp³-hybridized carbons (Fsp3) is 0.167. The number of Topliss-reactive ketones (excluding diaryl/α,β-unsaturated/α-hetero) is 1. The van der Waals surface area contributed by atoms with Gasteiger partial charge in [0, 0.05) is 17.2 Å². The van der Waals surface area contributed by atoms with Gasteiger partial charge in [-0.3, -0.25) is 4.79 Å². The van der Waals surface area contributed by atoms with Crippen LogP contribution in [-0.2, 0) is 0 Å². The van der Waals surface area contributed by atoms with Crippen LogP contribution in [0.1, 0.15) is 10.4 Å². The molecule has 0 aliphatic rings. The summed E-state index contributed by atoms with van der Waals surface area (Å²) in [7, 11) is 3.09. The Bertz CT molecular complexity index is 907. The van der Waals surface area contributed by atoms with Gasteiger partial charge in [-0.25, -0.2) is 4.39 Å². The molecule has 1 heterocycles. The van der Waals surface area contributed by atoms with Crippen molar-refractivity contribution in [1.29, 1.82) is 0 Å². The van der Waals surface area contributed by atoms with Gasteiger partial charge in [0.15, 0.2) is 5.78 Å². The van der Waals surface area contributed by atoms with Gasteiger partial charge in [-0.1, -0.05) is 23.9 Å². The molecular formula is C18H15FN2O4S. The van der Waals surface area contributed by atoms with Gasteiger partial charge >= 0.3 is 0 Å². The quantitative estimate of drug-likeness (QED) is 0.459. The minimum absolute atomic E-state index is 0.0620. The third-order valence-electron chi connectivity index (χ3n) is 3.48. The standard InChI is InChI=1S/C18H15FN2O4S/c1-23-14-7-12(8-15(9-14)24-2)17-20-21-18(25-17)26-10-16(22)11-4-3-5-13(19)6-11/h3-9H,10H2,1-2H3. The highest BCUT2D eigenvalue weighted by atomic mass is 32.2. The second-order valence-corrected chi connectivity index (χ2v) is 6.12. The molecule has 1 aromatic heterocycles. The van der Waals surface area contributed by atoms with Crippen LogP contribution in [0, 0.1) is 5.82 Å². The molecule has 0 saturated carbocycles. The van der Waals surface area contributed by atoms with Gasteiger partial charge in [0.2, 0.25) is 5.89 Å². The molecule has 0 spiro atoms. The van der Waals surface area contributed by atoms with Crippen molar-refractivity contribution >= 4 is 17.5 Å². The fourth-order valence-electron chi connectivity index (χ4n) is 2.19. The van der Waals surface area contributed by atoms with Gasteiger partial charge < -0.3 is 13.9 Å². The molecule has 0 atom stereocenters. The molecule has 0 saturated heterocycles. The number of aromatic nitrogens is 2. The monoisotopic (exact) mass is 374 g/mol. The highest BCUT2D eigenvalue weighted by Crippen LogP contribution is 2.30. The zero-order valence-corrected chi connectivity index (χ0v) is 14.9. The maximum atomic E-state index is 13.2. The predicted molar refractivity (Wildman–Crippen MR) is 94.3 cm³/mol. The van der Waals surface area contributed by atoms with E-state index in [1.165, 1.54) is 18.2 Å². The molecule has 0 unspecified atom stereocenters. The molecule has 6 nitrogen and oxygen atoms in total. The van der Waals surface area contributed by atoms with E-state index < -0.39 is 5.82 Å². The molecule has 0 aliphatic carbocycles. The Hall–Kier alpha value is -2.87. The van der Waals surface area contributed by atoms with Crippen LogP contribution in [0.4, 0.5) is 4.39 Å².